The summed E-state index contributed by atoms with van der Waals surface area (Å²) in [6, 6.07) is 0.256. The van der Waals surface area contributed by atoms with Crippen LogP contribution in [-0.4, -0.2) is 55.1 Å². The van der Waals surface area contributed by atoms with Crippen LogP contribution in [0.25, 0.3) is 0 Å². The molecule has 2 rings (SSSR count). The molecular weight excluding hydrogens is 178 g/mol. The van der Waals surface area contributed by atoms with Crippen LogP contribution in [0.4, 0.5) is 4.79 Å². The number of carbonyl (C=O) groups is 1. The first-order chi connectivity index (χ1) is 6.88. The molecule has 0 bridgehead atoms. The smallest absolute Gasteiger partial charge is 0.320 e. The Morgan fingerprint density at radius 2 is 1.43 bits per heavy atom. The topological polar surface area (TPSA) is 35.6 Å². The van der Waals surface area contributed by atoms with Crippen molar-refractivity contribution in [3.8, 4) is 0 Å². The number of carbonyl (C=O) groups excluding carboxylic acids is 1. The fourth-order valence-electron chi connectivity index (χ4n) is 2.14. The molecule has 0 atom stereocenters. The van der Waals surface area contributed by atoms with Crippen molar-refractivity contribution in [3.63, 3.8) is 0 Å². The van der Waals surface area contributed by atoms with E-state index in [1.165, 1.54) is 19.3 Å². The molecule has 14 heavy (non-hydrogen) atoms. The Balaban J connectivity index is 1.85. The summed E-state index contributed by atoms with van der Waals surface area (Å²) in [4.78, 5) is 16.0. The Bertz CT molecular complexity index is 176. The van der Waals surface area contributed by atoms with E-state index in [9.17, 15) is 4.79 Å². The van der Waals surface area contributed by atoms with E-state index in [2.05, 4.69) is 5.32 Å². The molecule has 4 nitrogen and oxygen atoms in total. The normalized spacial score (nSPS) is 23.7. The van der Waals surface area contributed by atoms with Crippen LogP contribution in [0.2, 0.25) is 0 Å². The molecule has 2 saturated heterocycles. The number of amides is 2. The van der Waals surface area contributed by atoms with Gasteiger partial charge in [-0.1, -0.05) is 0 Å². The third-order valence-corrected chi connectivity index (χ3v) is 3.01. The zero-order chi connectivity index (χ0) is 9.80. The molecule has 0 aromatic carbocycles. The Morgan fingerprint density at radius 3 is 2.07 bits per heavy atom. The first-order valence-electron chi connectivity index (χ1n) is 5.62. The van der Waals surface area contributed by atoms with E-state index < -0.39 is 0 Å². The van der Waals surface area contributed by atoms with Gasteiger partial charge >= 0.3 is 6.03 Å². The molecule has 0 radical (unpaired) electrons. The number of urea groups is 1. The van der Waals surface area contributed by atoms with Gasteiger partial charge in [-0.2, -0.15) is 0 Å². The SMILES string of the molecule is O=C(N1CCCCC1)N1CCNCC1. The van der Waals surface area contributed by atoms with Crippen LogP contribution in [0, 0.1) is 0 Å². The standard InChI is InChI=1S/C10H19N3O/c14-10(12-6-2-1-3-7-12)13-8-4-11-5-9-13/h11H,1-9H2. The van der Waals surface area contributed by atoms with Crippen molar-refractivity contribution in [2.24, 2.45) is 0 Å². The fourth-order valence-corrected chi connectivity index (χ4v) is 2.14. The van der Waals surface area contributed by atoms with Crippen molar-refractivity contribution in [3.05, 3.63) is 0 Å². The molecule has 2 heterocycles. The third-order valence-electron chi connectivity index (χ3n) is 3.01. The van der Waals surface area contributed by atoms with E-state index >= 15 is 0 Å². The summed E-state index contributed by atoms with van der Waals surface area (Å²) < 4.78 is 0. The van der Waals surface area contributed by atoms with Gasteiger partial charge in [0.25, 0.3) is 0 Å². The van der Waals surface area contributed by atoms with Crippen molar-refractivity contribution in [1.82, 2.24) is 15.1 Å². The molecule has 0 saturated carbocycles. The van der Waals surface area contributed by atoms with Gasteiger partial charge in [-0.15, -0.1) is 0 Å². The number of rotatable bonds is 0. The summed E-state index contributed by atoms with van der Waals surface area (Å²) in [5.41, 5.74) is 0. The van der Waals surface area contributed by atoms with Crippen LogP contribution in [0.5, 0.6) is 0 Å². The van der Waals surface area contributed by atoms with Gasteiger partial charge in [0.05, 0.1) is 0 Å². The van der Waals surface area contributed by atoms with E-state index in [4.69, 9.17) is 0 Å². The summed E-state index contributed by atoms with van der Waals surface area (Å²) in [5.74, 6) is 0. The van der Waals surface area contributed by atoms with Crippen LogP contribution in [-0.2, 0) is 0 Å². The van der Waals surface area contributed by atoms with Crippen molar-refractivity contribution in [1.29, 1.82) is 0 Å². The number of hydrogen-bond acceptors (Lipinski definition) is 2. The van der Waals surface area contributed by atoms with Crippen molar-refractivity contribution >= 4 is 6.03 Å². The highest BCUT2D eigenvalue weighted by Gasteiger charge is 2.23. The summed E-state index contributed by atoms with van der Waals surface area (Å²) in [7, 11) is 0. The van der Waals surface area contributed by atoms with Crippen molar-refractivity contribution in [2.45, 2.75) is 19.3 Å². The lowest BCUT2D eigenvalue weighted by molar-refractivity contribution is 0.138. The summed E-state index contributed by atoms with van der Waals surface area (Å²) in [5, 5.41) is 3.26. The minimum atomic E-state index is 0.256. The lowest BCUT2D eigenvalue weighted by Gasteiger charge is -2.35. The van der Waals surface area contributed by atoms with E-state index in [0.29, 0.717) is 0 Å². The number of piperidine rings is 1. The van der Waals surface area contributed by atoms with Crippen molar-refractivity contribution < 1.29 is 4.79 Å². The van der Waals surface area contributed by atoms with E-state index in [-0.39, 0.29) is 6.03 Å². The average Bonchev–Trinajstić information content (AvgIpc) is 2.30. The van der Waals surface area contributed by atoms with Gasteiger partial charge in [-0.3, -0.25) is 0 Å². The van der Waals surface area contributed by atoms with E-state index in [1.54, 1.807) is 0 Å². The minimum Gasteiger partial charge on any atom is -0.325 e. The molecule has 0 unspecified atom stereocenters. The molecule has 4 heteroatoms. The monoisotopic (exact) mass is 197 g/mol. The first kappa shape index (κ1) is 9.77. The summed E-state index contributed by atoms with van der Waals surface area (Å²) in [6.45, 7) is 5.55. The molecule has 2 amide bonds. The van der Waals surface area contributed by atoms with Gasteiger partial charge in [-0.05, 0) is 19.3 Å². The predicted molar refractivity (Wildman–Crippen MR) is 55.3 cm³/mol. The molecule has 0 aliphatic carbocycles. The zero-order valence-electron chi connectivity index (χ0n) is 8.67. The maximum absolute atomic E-state index is 12.0. The number of likely N-dealkylation sites (tertiary alicyclic amines) is 1. The highest BCUT2D eigenvalue weighted by Crippen LogP contribution is 2.11. The molecule has 0 spiro atoms. The van der Waals surface area contributed by atoms with E-state index in [0.717, 1.165) is 39.3 Å². The second-order valence-electron chi connectivity index (χ2n) is 4.07. The highest BCUT2D eigenvalue weighted by atomic mass is 16.2. The van der Waals surface area contributed by atoms with Gasteiger partial charge in [0.2, 0.25) is 0 Å². The quantitative estimate of drug-likeness (QED) is 0.613. The van der Waals surface area contributed by atoms with Crippen LogP contribution in [0.3, 0.4) is 0 Å². The first-order valence-corrected chi connectivity index (χ1v) is 5.62. The van der Waals surface area contributed by atoms with Crippen LogP contribution < -0.4 is 5.32 Å². The Hall–Kier alpha value is -0.770. The second kappa shape index (κ2) is 4.64. The molecule has 1 N–H and O–H groups in total. The van der Waals surface area contributed by atoms with Crippen LogP contribution >= 0.6 is 0 Å². The van der Waals surface area contributed by atoms with Gasteiger partial charge in [0.1, 0.15) is 0 Å². The van der Waals surface area contributed by atoms with Crippen LogP contribution in [0.1, 0.15) is 19.3 Å². The highest BCUT2D eigenvalue weighted by molar-refractivity contribution is 5.74. The average molecular weight is 197 g/mol. The largest absolute Gasteiger partial charge is 0.325 e. The molecule has 0 aromatic rings. The lowest BCUT2D eigenvalue weighted by Crippen LogP contribution is -2.52. The summed E-state index contributed by atoms with van der Waals surface area (Å²) >= 11 is 0. The Morgan fingerprint density at radius 1 is 0.857 bits per heavy atom. The molecule has 0 aromatic heterocycles. The van der Waals surface area contributed by atoms with Gasteiger partial charge in [-0.25, -0.2) is 4.79 Å². The van der Waals surface area contributed by atoms with Crippen LogP contribution in [0.15, 0.2) is 0 Å². The predicted octanol–water partition coefficient (Wildman–Crippen LogP) is 0.498. The second-order valence-corrected chi connectivity index (χ2v) is 4.07. The minimum absolute atomic E-state index is 0.256. The molecule has 2 aliphatic rings. The Labute approximate surface area is 85.2 Å². The Kier molecular flexibility index (Phi) is 3.24. The van der Waals surface area contributed by atoms with Gasteiger partial charge in [0.15, 0.2) is 0 Å². The number of hydrogen-bond donors (Lipinski definition) is 1. The van der Waals surface area contributed by atoms with E-state index in [1.807, 2.05) is 9.80 Å². The molecule has 2 aliphatic heterocycles. The third kappa shape index (κ3) is 2.18. The lowest BCUT2D eigenvalue weighted by atomic mass is 10.1. The molecule has 80 valence electrons. The molecular formula is C10H19N3O. The fraction of sp³-hybridized carbons (Fsp3) is 0.900. The maximum atomic E-state index is 12.0. The van der Waals surface area contributed by atoms with Crippen molar-refractivity contribution in [2.75, 3.05) is 39.3 Å². The zero-order valence-corrected chi connectivity index (χ0v) is 8.67. The number of nitrogens with zero attached hydrogens (tertiary/aromatic N) is 2. The number of nitrogens with one attached hydrogen (secondary N) is 1. The van der Waals surface area contributed by atoms with Gasteiger partial charge < -0.3 is 15.1 Å². The summed E-state index contributed by atoms with van der Waals surface area (Å²) in [6.07, 6.45) is 3.64. The number of piperazine rings is 1. The van der Waals surface area contributed by atoms with Gasteiger partial charge in [0, 0.05) is 39.3 Å². The maximum Gasteiger partial charge on any atom is 0.320 e. The molecule has 2 fully saturated rings.